The summed E-state index contributed by atoms with van der Waals surface area (Å²) < 4.78 is 14.0. The molecule has 5 nitrogen and oxygen atoms in total. The van der Waals surface area contributed by atoms with Crippen molar-refractivity contribution in [3.05, 3.63) is 46.6 Å². The number of nitrogens with one attached hydrogen (secondary N) is 2. The SMILES string of the molecule is Cc1cccc(F)c1NCc1cnc(Cl)nc1NC1CCCC(N)C1. The minimum Gasteiger partial charge on any atom is -0.378 e. The fraction of sp³-hybridized carbons (Fsp3) is 0.444. The van der Waals surface area contributed by atoms with Gasteiger partial charge in [0, 0.05) is 30.4 Å². The summed E-state index contributed by atoms with van der Waals surface area (Å²) in [4.78, 5) is 8.38. The molecule has 2 aromatic rings. The number of hydrogen-bond donors (Lipinski definition) is 3. The summed E-state index contributed by atoms with van der Waals surface area (Å²) in [6.07, 6.45) is 5.78. The summed E-state index contributed by atoms with van der Waals surface area (Å²) in [5.74, 6) is 0.406. The summed E-state index contributed by atoms with van der Waals surface area (Å²) in [6.45, 7) is 2.27. The Morgan fingerprint density at radius 1 is 1.36 bits per heavy atom. The summed E-state index contributed by atoms with van der Waals surface area (Å²) in [5, 5.41) is 6.77. The van der Waals surface area contributed by atoms with E-state index in [2.05, 4.69) is 20.6 Å². The Morgan fingerprint density at radius 3 is 2.96 bits per heavy atom. The number of benzene rings is 1. The number of para-hydroxylation sites is 1. The van der Waals surface area contributed by atoms with Gasteiger partial charge in [-0.1, -0.05) is 12.1 Å². The van der Waals surface area contributed by atoms with Crippen LogP contribution in [-0.2, 0) is 6.54 Å². The Bertz CT molecular complexity index is 719. The molecule has 0 radical (unpaired) electrons. The fourth-order valence-electron chi connectivity index (χ4n) is 3.23. The third-order valence-corrected chi connectivity index (χ3v) is 4.75. The summed E-state index contributed by atoms with van der Waals surface area (Å²) in [7, 11) is 0. The van der Waals surface area contributed by atoms with Gasteiger partial charge in [-0.15, -0.1) is 0 Å². The predicted molar refractivity (Wildman–Crippen MR) is 99.4 cm³/mol. The summed E-state index contributed by atoms with van der Waals surface area (Å²) >= 11 is 5.96. The van der Waals surface area contributed by atoms with E-state index in [0.717, 1.165) is 36.8 Å². The number of hydrogen-bond acceptors (Lipinski definition) is 5. The first-order chi connectivity index (χ1) is 12.0. The molecular weight excluding hydrogens is 341 g/mol. The molecule has 0 bridgehead atoms. The van der Waals surface area contributed by atoms with Gasteiger partial charge in [-0.25, -0.2) is 14.4 Å². The topological polar surface area (TPSA) is 75.9 Å². The zero-order valence-electron chi connectivity index (χ0n) is 14.2. The molecule has 2 unspecified atom stereocenters. The van der Waals surface area contributed by atoms with Crippen LogP contribution in [0.1, 0.15) is 36.8 Å². The van der Waals surface area contributed by atoms with Crippen molar-refractivity contribution < 1.29 is 4.39 Å². The van der Waals surface area contributed by atoms with Crippen LogP contribution in [0, 0.1) is 12.7 Å². The van der Waals surface area contributed by atoms with Gasteiger partial charge in [0.25, 0.3) is 0 Å². The number of aromatic nitrogens is 2. The molecular formula is C18H23ClFN5. The lowest BCUT2D eigenvalue weighted by Crippen LogP contribution is -2.35. The third-order valence-electron chi connectivity index (χ3n) is 4.57. The normalized spacial score (nSPS) is 20.3. The monoisotopic (exact) mass is 363 g/mol. The highest BCUT2D eigenvalue weighted by Crippen LogP contribution is 2.25. The minimum atomic E-state index is -0.275. The van der Waals surface area contributed by atoms with Gasteiger partial charge in [-0.3, -0.25) is 0 Å². The second-order valence-corrected chi connectivity index (χ2v) is 6.90. The second-order valence-electron chi connectivity index (χ2n) is 6.57. The predicted octanol–water partition coefficient (Wildman–Crippen LogP) is 3.87. The van der Waals surface area contributed by atoms with Gasteiger partial charge in [0.15, 0.2) is 0 Å². The third kappa shape index (κ3) is 4.58. The highest BCUT2D eigenvalue weighted by molar-refractivity contribution is 6.28. The van der Waals surface area contributed by atoms with Gasteiger partial charge in [-0.05, 0) is 55.8 Å². The zero-order valence-corrected chi connectivity index (χ0v) is 15.0. The minimum absolute atomic E-state index is 0.188. The van der Waals surface area contributed by atoms with E-state index in [1.165, 1.54) is 6.07 Å². The molecule has 1 heterocycles. The molecule has 1 aliphatic carbocycles. The van der Waals surface area contributed by atoms with E-state index in [-0.39, 0.29) is 23.2 Å². The first-order valence-electron chi connectivity index (χ1n) is 8.55. The van der Waals surface area contributed by atoms with Crippen molar-refractivity contribution in [2.24, 2.45) is 5.73 Å². The van der Waals surface area contributed by atoms with Gasteiger partial charge in [0.05, 0.1) is 5.69 Å². The van der Waals surface area contributed by atoms with E-state index in [1.54, 1.807) is 12.3 Å². The number of rotatable bonds is 5. The lowest BCUT2D eigenvalue weighted by atomic mass is 9.91. The van der Waals surface area contributed by atoms with Crippen LogP contribution in [0.25, 0.3) is 0 Å². The average Bonchev–Trinajstić information content (AvgIpc) is 2.56. The van der Waals surface area contributed by atoms with E-state index in [0.29, 0.717) is 18.1 Å². The molecule has 134 valence electrons. The van der Waals surface area contributed by atoms with E-state index in [4.69, 9.17) is 17.3 Å². The molecule has 4 N–H and O–H groups in total. The van der Waals surface area contributed by atoms with Crippen molar-refractivity contribution in [3.8, 4) is 0 Å². The van der Waals surface area contributed by atoms with Crippen LogP contribution >= 0.6 is 11.6 Å². The number of aryl methyl sites for hydroxylation is 1. The molecule has 1 aromatic heterocycles. The first-order valence-corrected chi connectivity index (χ1v) is 8.93. The molecule has 3 rings (SSSR count). The van der Waals surface area contributed by atoms with E-state index < -0.39 is 0 Å². The lowest BCUT2D eigenvalue weighted by molar-refractivity contribution is 0.408. The van der Waals surface area contributed by atoms with Crippen LogP contribution in [0.5, 0.6) is 0 Å². The second kappa shape index (κ2) is 7.97. The van der Waals surface area contributed by atoms with Crippen molar-refractivity contribution >= 4 is 23.1 Å². The molecule has 1 aromatic carbocycles. The Labute approximate surface area is 152 Å². The van der Waals surface area contributed by atoms with Crippen LogP contribution < -0.4 is 16.4 Å². The van der Waals surface area contributed by atoms with Crippen LogP contribution in [-0.4, -0.2) is 22.1 Å². The molecule has 25 heavy (non-hydrogen) atoms. The fourth-order valence-corrected chi connectivity index (χ4v) is 3.36. The van der Waals surface area contributed by atoms with Crippen LogP contribution in [0.4, 0.5) is 15.9 Å². The Kier molecular flexibility index (Phi) is 5.71. The Morgan fingerprint density at radius 2 is 2.20 bits per heavy atom. The van der Waals surface area contributed by atoms with Gasteiger partial charge < -0.3 is 16.4 Å². The van der Waals surface area contributed by atoms with Crippen molar-refractivity contribution in [3.63, 3.8) is 0 Å². The van der Waals surface area contributed by atoms with Crippen molar-refractivity contribution in [2.75, 3.05) is 10.6 Å². The maximum Gasteiger partial charge on any atom is 0.224 e. The quantitative estimate of drug-likeness (QED) is 0.703. The molecule has 0 amide bonds. The molecule has 0 aliphatic heterocycles. The van der Waals surface area contributed by atoms with Crippen molar-refractivity contribution in [2.45, 2.75) is 51.2 Å². The summed E-state index contributed by atoms with van der Waals surface area (Å²) in [6, 6.07) is 5.48. The van der Waals surface area contributed by atoms with Crippen LogP contribution in [0.3, 0.4) is 0 Å². The largest absolute Gasteiger partial charge is 0.378 e. The first kappa shape index (κ1) is 17.9. The highest BCUT2D eigenvalue weighted by atomic mass is 35.5. The molecule has 0 saturated heterocycles. The molecule has 1 saturated carbocycles. The smallest absolute Gasteiger partial charge is 0.224 e. The number of nitrogens with zero attached hydrogens (tertiary/aromatic N) is 2. The van der Waals surface area contributed by atoms with Crippen molar-refractivity contribution in [1.29, 1.82) is 0 Å². The van der Waals surface area contributed by atoms with Gasteiger partial charge in [0.2, 0.25) is 5.28 Å². The van der Waals surface area contributed by atoms with Crippen LogP contribution in [0.15, 0.2) is 24.4 Å². The number of anilines is 2. The molecule has 1 aliphatic rings. The van der Waals surface area contributed by atoms with Gasteiger partial charge >= 0.3 is 0 Å². The lowest BCUT2D eigenvalue weighted by Gasteiger charge is -2.28. The van der Waals surface area contributed by atoms with Crippen molar-refractivity contribution in [1.82, 2.24) is 9.97 Å². The Balaban J connectivity index is 1.75. The zero-order chi connectivity index (χ0) is 17.8. The van der Waals surface area contributed by atoms with E-state index >= 15 is 0 Å². The molecule has 1 fully saturated rings. The summed E-state index contributed by atoms with van der Waals surface area (Å²) in [5.41, 5.74) is 8.24. The van der Waals surface area contributed by atoms with E-state index in [1.807, 2.05) is 13.0 Å². The average molecular weight is 364 g/mol. The van der Waals surface area contributed by atoms with Gasteiger partial charge in [0.1, 0.15) is 11.6 Å². The maximum atomic E-state index is 14.0. The number of halogens is 2. The molecule has 7 heteroatoms. The Hall–Kier alpha value is -1.92. The maximum absolute atomic E-state index is 14.0. The van der Waals surface area contributed by atoms with Gasteiger partial charge in [-0.2, -0.15) is 0 Å². The molecule has 2 atom stereocenters. The van der Waals surface area contributed by atoms with E-state index in [9.17, 15) is 4.39 Å². The number of nitrogens with two attached hydrogens (primary N) is 1. The highest BCUT2D eigenvalue weighted by Gasteiger charge is 2.20. The molecule has 0 spiro atoms. The standard InChI is InChI=1S/C18H23ClFN5/c1-11-4-2-7-15(20)16(11)22-9-12-10-23-18(19)25-17(12)24-14-6-3-5-13(21)8-14/h2,4,7,10,13-14,22H,3,5-6,8-9,21H2,1H3,(H,23,24,25). The van der Waals surface area contributed by atoms with Crippen LogP contribution in [0.2, 0.25) is 5.28 Å².